The number of methoxy groups -OCH3 is 2. The van der Waals surface area contributed by atoms with Crippen molar-refractivity contribution in [1.82, 2.24) is 15.5 Å². The second-order valence-corrected chi connectivity index (χ2v) is 11.0. The molecule has 2 N–H and O–H groups in total. The number of benzene rings is 3. The summed E-state index contributed by atoms with van der Waals surface area (Å²) in [6.07, 6.45) is 2.17. The largest absolute Gasteiger partial charge is 0.496 e. The van der Waals surface area contributed by atoms with Crippen LogP contribution in [-0.2, 0) is 24.5 Å². The molecule has 3 amide bonds. The third-order valence-corrected chi connectivity index (χ3v) is 8.67. The van der Waals surface area contributed by atoms with E-state index >= 15 is 0 Å². The molecular weight excluding hydrogens is 578 g/mol. The molecule has 0 unspecified atom stereocenters. The summed E-state index contributed by atoms with van der Waals surface area (Å²) in [4.78, 5) is 54.5. The van der Waals surface area contributed by atoms with Crippen LogP contribution in [0.5, 0.6) is 5.75 Å². The van der Waals surface area contributed by atoms with Gasteiger partial charge in [0.15, 0.2) is 0 Å². The van der Waals surface area contributed by atoms with Crippen LogP contribution in [0.3, 0.4) is 0 Å². The lowest BCUT2D eigenvalue weighted by Gasteiger charge is -2.42. The average molecular weight is 618 g/mol. The van der Waals surface area contributed by atoms with E-state index in [0.717, 1.165) is 16.7 Å². The molecule has 0 saturated carbocycles. The fourth-order valence-corrected chi connectivity index (χ4v) is 6.42. The molecule has 0 radical (unpaired) electrons. The van der Waals surface area contributed by atoms with Crippen LogP contribution in [0.4, 0.5) is 0 Å². The minimum Gasteiger partial charge on any atom is -0.496 e. The molecule has 1 heterocycles. The first-order valence-electron chi connectivity index (χ1n) is 14.6. The Kier molecular flexibility index (Phi) is 10.7. The highest BCUT2D eigenvalue weighted by Crippen LogP contribution is 2.48. The van der Waals surface area contributed by atoms with Gasteiger partial charge < -0.3 is 25.0 Å². The van der Waals surface area contributed by atoms with Crippen LogP contribution in [0.15, 0.2) is 78.9 Å². The zero-order chi connectivity index (χ0) is 30.4. The van der Waals surface area contributed by atoms with Crippen LogP contribution in [0.2, 0.25) is 0 Å². The number of ether oxygens (including phenoxy) is 2. The Morgan fingerprint density at radius 3 is 2.23 bits per heavy atom. The molecule has 44 heavy (non-hydrogen) atoms. The lowest BCUT2D eigenvalue weighted by atomic mass is 9.62. The van der Waals surface area contributed by atoms with E-state index in [1.807, 2.05) is 65.6 Å². The van der Waals surface area contributed by atoms with E-state index in [1.165, 1.54) is 14.2 Å². The summed E-state index contributed by atoms with van der Waals surface area (Å²) in [7, 11) is 2.82. The van der Waals surface area contributed by atoms with E-state index in [-0.39, 0.29) is 43.8 Å². The molecule has 1 aliphatic carbocycles. The summed E-state index contributed by atoms with van der Waals surface area (Å²) >= 11 is 0. The van der Waals surface area contributed by atoms with Crippen molar-refractivity contribution >= 4 is 37.2 Å². The molecule has 0 bridgehead atoms. The highest BCUT2D eigenvalue weighted by molar-refractivity contribution is 7.59. The molecule has 3 aromatic rings. The van der Waals surface area contributed by atoms with Gasteiger partial charge in [-0.25, -0.2) is 0 Å². The average Bonchev–Trinajstić information content (AvgIpc) is 3.06. The standard InChI is InChI=1S/C34H37N3O6.H2S/c1-42-29-15-9-7-13-27(29)31(39)36-24-17-20-37(21-18-24)32(40)26-16-19-34(23-10-4-3-5-11-23,28-14-8-6-12-25(26)28)33(41)35-22-30(38)43-2;/h3-15,24,26H,16-22H2,1-2H3,(H,35,41)(H,36,39);1H2/t26-,34+;/m0./s1. The minimum atomic E-state index is -1.06. The molecule has 1 saturated heterocycles. The lowest BCUT2D eigenvalue weighted by molar-refractivity contribution is -0.141. The van der Waals surface area contributed by atoms with Crippen molar-refractivity contribution in [2.24, 2.45) is 0 Å². The molecule has 2 atom stereocenters. The van der Waals surface area contributed by atoms with E-state index in [4.69, 9.17) is 9.47 Å². The first-order valence-corrected chi connectivity index (χ1v) is 14.6. The molecule has 10 heteroatoms. The summed E-state index contributed by atoms with van der Waals surface area (Å²) < 4.78 is 10.1. The van der Waals surface area contributed by atoms with Gasteiger partial charge in [-0.2, -0.15) is 13.5 Å². The summed E-state index contributed by atoms with van der Waals surface area (Å²) in [6, 6.07) is 24.2. The van der Waals surface area contributed by atoms with Gasteiger partial charge in [-0.1, -0.05) is 66.7 Å². The van der Waals surface area contributed by atoms with Crippen LogP contribution in [0.1, 0.15) is 58.6 Å². The SMILES string of the molecule is COC(=O)CNC(=O)[C@@]1(c2ccccc2)CC[C@H](C(=O)N2CCC(NC(=O)c3ccccc3OC)CC2)c2ccccc21.S. The lowest BCUT2D eigenvalue weighted by Crippen LogP contribution is -2.51. The van der Waals surface area contributed by atoms with Gasteiger partial charge >= 0.3 is 5.97 Å². The molecule has 9 nitrogen and oxygen atoms in total. The fraction of sp³-hybridized carbons (Fsp3) is 0.353. The number of nitrogens with zero attached hydrogens (tertiary/aromatic N) is 1. The van der Waals surface area contributed by atoms with Gasteiger partial charge in [-0.3, -0.25) is 19.2 Å². The number of para-hydroxylation sites is 1. The number of hydrogen-bond donors (Lipinski definition) is 2. The van der Waals surface area contributed by atoms with Crippen LogP contribution in [0, 0.1) is 0 Å². The second-order valence-electron chi connectivity index (χ2n) is 11.0. The number of likely N-dealkylation sites (tertiary alicyclic amines) is 1. The summed E-state index contributed by atoms with van der Waals surface area (Å²) in [5.41, 5.74) is 1.83. The highest BCUT2D eigenvalue weighted by Gasteiger charge is 2.49. The molecule has 3 aromatic carbocycles. The maximum atomic E-state index is 14.0. The molecule has 232 valence electrons. The van der Waals surface area contributed by atoms with Crippen molar-refractivity contribution in [3.8, 4) is 5.75 Å². The summed E-state index contributed by atoms with van der Waals surface area (Å²) in [5.74, 6) is -0.870. The maximum Gasteiger partial charge on any atom is 0.325 e. The van der Waals surface area contributed by atoms with Gasteiger partial charge in [0.2, 0.25) is 11.8 Å². The number of nitrogens with one attached hydrogen (secondary N) is 2. The van der Waals surface area contributed by atoms with Gasteiger partial charge in [-0.05, 0) is 54.5 Å². The summed E-state index contributed by atoms with van der Waals surface area (Å²) in [6.45, 7) is 0.812. The highest BCUT2D eigenvalue weighted by atomic mass is 32.1. The number of hydrogen-bond acceptors (Lipinski definition) is 6. The van der Waals surface area contributed by atoms with Gasteiger partial charge in [0, 0.05) is 19.1 Å². The predicted octanol–water partition coefficient (Wildman–Crippen LogP) is 3.68. The van der Waals surface area contributed by atoms with Crippen LogP contribution < -0.4 is 15.4 Å². The monoisotopic (exact) mass is 617 g/mol. The topological polar surface area (TPSA) is 114 Å². The van der Waals surface area contributed by atoms with Gasteiger partial charge in [0.1, 0.15) is 12.3 Å². The number of esters is 1. The number of carbonyl (C=O) groups is 4. The molecule has 0 aromatic heterocycles. The van der Waals surface area contributed by atoms with Crippen LogP contribution in [0.25, 0.3) is 0 Å². The van der Waals surface area contributed by atoms with Crippen LogP contribution >= 0.6 is 13.5 Å². The number of piperidine rings is 1. The van der Waals surface area contributed by atoms with Crippen molar-refractivity contribution in [2.75, 3.05) is 33.9 Å². The van der Waals surface area contributed by atoms with Crippen molar-refractivity contribution in [3.63, 3.8) is 0 Å². The smallest absolute Gasteiger partial charge is 0.325 e. The Balaban J connectivity index is 0.00000442. The van der Waals surface area contributed by atoms with Gasteiger partial charge in [0.05, 0.1) is 31.1 Å². The van der Waals surface area contributed by atoms with Crippen molar-refractivity contribution in [2.45, 2.75) is 43.1 Å². The Morgan fingerprint density at radius 2 is 1.52 bits per heavy atom. The maximum absolute atomic E-state index is 14.0. The van der Waals surface area contributed by atoms with E-state index in [0.29, 0.717) is 50.1 Å². The normalized spacial score (nSPS) is 19.5. The van der Waals surface area contributed by atoms with E-state index < -0.39 is 17.3 Å². The number of carbonyl (C=O) groups excluding carboxylic acids is 4. The van der Waals surface area contributed by atoms with E-state index in [2.05, 4.69) is 10.6 Å². The Bertz CT molecular complexity index is 1490. The Morgan fingerprint density at radius 1 is 0.864 bits per heavy atom. The van der Waals surface area contributed by atoms with Crippen molar-refractivity contribution < 1.29 is 28.7 Å². The first-order chi connectivity index (χ1) is 20.9. The first kappa shape index (κ1) is 32.6. The number of fused-ring (bicyclic) bond motifs is 1. The molecule has 0 spiro atoms. The zero-order valence-electron chi connectivity index (χ0n) is 25.0. The Hall–Kier alpha value is -4.31. The number of rotatable bonds is 8. The van der Waals surface area contributed by atoms with Crippen molar-refractivity contribution in [1.29, 1.82) is 0 Å². The Labute approximate surface area is 264 Å². The molecule has 1 fully saturated rings. The third-order valence-electron chi connectivity index (χ3n) is 8.67. The van der Waals surface area contributed by atoms with Gasteiger partial charge in [-0.15, -0.1) is 0 Å². The fourth-order valence-electron chi connectivity index (χ4n) is 6.42. The third kappa shape index (κ3) is 6.45. The zero-order valence-corrected chi connectivity index (χ0v) is 26.0. The van der Waals surface area contributed by atoms with Crippen LogP contribution in [-0.4, -0.2) is 68.5 Å². The molecule has 1 aliphatic heterocycles. The minimum absolute atomic E-state index is 0. The summed E-state index contributed by atoms with van der Waals surface area (Å²) in [5, 5.41) is 5.87. The molecule has 5 rings (SSSR count). The van der Waals surface area contributed by atoms with Crippen molar-refractivity contribution in [3.05, 3.63) is 101 Å². The van der Waals surface area contributed by atoms with E-state index in [9.17, 15) is 19.2 Å². The van der Waals surface area contributed by atoms with E-state index in [1.54, 1.807) is 18.2 Å². The quantitative estimate of drug-likeness (QED) is 0.373. The van der Waals surface area contributed by atoms with Gasteiger partial charge in [0.25, 0.3) is 5.91 Å². The predicted molar refractivity (Wildman–Crippen MR) is 171 cm³/mol. The number of amides is 3. The molecule has 2 aliphatic rings. The molecular formula is C34H39N3O6S. The second kappa shape index (κ2) is 14.4.